The quantitative estimate of drug-likeness (QED) is 0.848. The second kappa shape index (κ2) is 8.72. The lowest BCUT2D eigenvalue weighted by Gasteiger charge is -2.32. The highest BCUT2D eigenvalue weighted by Crippen LogP contribution is 2.30. The van der Waals surface area contributed by atoms with E-state index in [4.69, 9.17) is 0 Å². The third kappa shape index (κ3) is 4.57. The van der Waals surface area contributed by atoms with Gasteiger partial charge in [-0.1, -0.05) is 6.92 Å². The number of benzene rings is 1. The van der Waals surface area contributed by atoms with Crippen molar-refractivity contribution >= 4 is 5.91 Å². The Bertz CT molecular complexity index is 847. The molecule has 2 aliphatic rings. The van der Waals surface area contributed by atoms with Gasteiger partial charge in [-0.05, 0) is 75.0 Å². The minimum absolute atomic E-state index is 0.0192. The summed E-state index contributed by atoms with van der Waals surface area (Å²) in [4.78, 5) is 17.3. The molecule has 1 aliphatic carbocycles. The van der Waals surface area contributed by atoms with Crippen LogP contribution in [0.25, 0.3) is 5.69 Å². The van der Waals surface area contributed by atoms with Crippen LogP contribution in [0.2, 0.25) is 0 Å². The zero-order chi connectivity index (χ0) is 20.4. The standard InChI is InChI=1S/C24H34N4O/c1-18-4-9-23-21(16-18)17-19(2)28(23)22-7-5-20(6-8-22)24(29)25-10-11-27-14-12-26(3)13-15-27/h5-8,17-18H,4,9-16H2,1-3H3,(H,25,29). The zero-order valence-corrected chi connectivity index (χ0v) is 18.1. The number of likely N-dealkylation sites (N-methyl/N-ethyl adjacent to an activating group) is 1. The number of nitrogens with zero attached hydrogens (tertiary/aromatic N) is 3. The first-order valence-electron chi connectivity index (χ1n) is 11.0. The van der Waals surface area contributed by atoms with E-state index in [0.29, 0.717) is 6.54 Å². The van der Waals surface area contributed by atoms with E-state index in [1.807, 2.05) is 12.1 Å². The van der Waals surface area contributed by atoms with Crippen LogP contribution in [0, 0.1) is 12.8 Å². The highest BCUT2D eigenvalue weighted by Gasteiger charge is 2.21. The van der Waals surface area contributed by atoms with Crippen molar-refractivity contribution < 1.29 is 4.79 Å². The molecular weight excluding hydrogens is 360 g/mol. The average molecular weight is 395 g/mol. The monoisotopic (exact) mass is 394 g/mol. The molecule has 1 aliphatic heterocycles. The fourth-order valence-corrected chi connectivity index (χ4v) is 4.69. The van der Waals surface area contributed by atoms with Crippen molar-refractivity contribution in [3.05, 3.63) is 52.8 Å². The van der Waals surface area contributed by atoms with Crippen LogP contribution < -0.4 is 5.32 Å². The first-order valence-corrected chi connectivity index (χ1v) is 11.0. The van der Waals surface area contributed by atoms with Gasteiger partial charge in [-0.15, -0.1) is 0 Å². The molecule has 5 heteroatoms. The lowest BCUT2D eigenvalue weighted by atomic mass is 9.89. The molecule has 5 nitrogen and oxygen atoms in total. The third-order valence-electron chi connectivity index (χ3n) is 6.52. The van der Waals surface area contributed by atoms with Gasteiger partial charge in [0.1, 0.15) is 0 Å². The maximum absolute atomic E-state index is 12.5. The first kappa shape index (κ1) is 20.2. The summed E-state index contributed by atoms with van der Waals surface area (Å²) in [5.74, 6) is 0.792. The summed E-state index contributed by atoms with van der Waals surface area (Å²) in [6, 6.07) is 10.4. The van der Waals surface area contributed by atoms with E-state index in [-0.39, 0.29) is 5.91 Å². The number of carbonyl (C=O) groups is 1. The number of piperazine rings is 1. The number of nitrogens with one attached hydrogen (secondary N) is 1. The molecule has 0 saturated carbocycles. The molecule has 2 aromatic rings. The van der Waals surface area contributed by atoms with Crippen molar-refractivity contribution in [3.63, 3.8) is 0 Å². The van der Waals surface area contributed by atoms with Crippen molar-refractivity contribution in [3.8, 4) is 5.69 Å². The fraction of sp³-hybridized carbons (Fsp3) is 0.542. The lowest BCUT2D eigenvalue weighted by Crippen LogP contribution is -2.46. The summed E-state index contributed by atoms with van der Waals surface area (Å²) in [5, 5.41) is 3.08. The summed E-state index contributed by atoms with van der Waals surface area (Å²) in [5.41, 5.74) is 6.12. The minimum Gasteiger partial charge on any atom is -0.351 e. The maximum atomic E-state index is 12.5. The number of fused-ring (bicyclic) bond motifs is 1. The highest BCUT2D eigenvalue weighted by atomic mass is 16.1. The van der Waals surface area contributed by atoms with E-state index >= 15 is 0 Å². The van der Waals surface area contributed by atoms with Crippen molar-refractivity contribution in [2.45, 2.75) is 33.1 Å². The van der Waals surface area contributed by atoms with Crippen molar-refractivity contribution in [1.82, 2.24) is 19.7 Å². The second-order valence-corrected chi connectivity index (χ2v) is 8.89. The zero-order valence-electron chi connectivity index (χ0n) is 18.1. The summed E-state index contributed by atoms with van der Waals surface area (Å²) >= 11 is 0. The molecule has 1 N–H and O–H groups in total. The molecule has 29 heavy (non-hydrogen) atoms. The minimum atomic E-state index is 0.0192. The van der Waals surface area contributed by atoms with Crippen LogP contribution >= 0.6 is 0 Å². The Morgan fingerprint density at radius 3 is 2.59 bits per heavy atom. The van der Waals surface area contributed by atoms with Gasteiger partial charge in [0.25, 0.3) is 5.91 Å². The molecular formula is C24H34N4O. The van der Waals surface area contributed by atoms with Gasteiger partial charge >= 0.3 is 0 Å². The molecule has 4 rings (SSSR count). The Kier molecular flexibility index (Phi) is 6.07. The summed E-state index contributed by atoms with van der Waals surface area (Å²) in [6.45, 7) is 10.5. The normalized spacial score (nSPS) is 20.4. The van der Waals surface area contributed by atoms with Crippen LogP contribution in [-0.4, -0.2) is 66.6 Å². The van der Waals surface area contributed by atoms with Crippen LogP contribution in [0.3, 0.4) is 0 Å². The number of hydrogen-bond acceptors (Lipinski definition) is 3. The second-order valence-electron chi connectivity index (χ2n) is 8.89. The van der Waals surface area contributed by atoms with Gasteiger partial charge in [-0.25, -0.2) is 0 Å². The smallest absolute Gasteiger partial charge is 0.251 e. The largest absolute Gasteiger partial charge is 0.351 e. The van der Waals surface area contributed by atoms with Gasteiger partial charge in [0.05, 0.1) is 0 Å². The highest BCUT2D eigenvalue weighted by molar-refractivity contribution is 5.94. The average Bonchev–Trinajstić information content (AvgIpc) is 3.04. The van der Waals surface area contributed by atoms with Crippen LogP contribution in [0.4, 0.5) is 0 Å². The molecule has 156 valence electrons. The molecule has 1 unspecified atom stereocenters. The molecule has 0 spiro atoms. The Morgan fingerprint density at radius 2 is 1.86 bits per heavy atom. The third-order valence-corrected chi connectivity index (χ3v) is 6.52. The summed E-state index contributed by atoms with van der Waals surface area (Å²) in [7, 11) is 2.16. The van der Waals surface area contributed by atoms with E-state index < -0.39 is 0 Å². The molecule has 1 atom stereocenters. The predicted octanol–water partition coefficient (Wildman–Crippen LogP) is 2.89. The predicted molar refractivity (Wildman–Crippen MR) is 118 cm³/mol. The van der Waals surface area contributed by atoms with Crippen molar-refractivity contribution in [1.29, 1.82) is 0 Å². The number of hydrogen-bond donors (Lipinski definition) is 1. The van der Waals surface area contributed by atoms with Gasteiger partial charge in [0.15, 0.2) is 0 Å². The summed E-state index contributed by atoms with van der Waals surface area (Å²) in [6.07, 6.45) is 3.57. The first-order chi connectivity index (χ1) is 14.0. The number of amides is 1. The van der Waals surface area contributed by atoms with E-state index in [1.54, 1.807) is 0 Å². The Balaban J connectivity index is 1.36. The van der Waals surface area contributed by atoms with Gasteiger partial charge in [-0.2, -0.15) is 0 Å². The van der Waals surface area contributed by atoms with Crippen molar-refractivity contribution in [2.24, 2.45) is 5.92 Å². The number of aryl methyl sites for hydroxylation is 1. The Labute approximate surface area is 174 Å². The number of rotatable bonds is 5. The molecule has 2 heterocycles. The Morgan fingerprint density at radius 1 is 1.14 bits per heavy atom. The number of aromatic nitrogens is 1. The van der Waals surface area contributed by atoms with Crippen LogP contribution in [0.1, 0.15) is 40.7 Å². The van der Waals surface area contributed by atoms with Gasteiger partial charge in [-0.3, -0.25) is 9.69 Å². The number of carbonyl (C=O) groups excluding carboxylic acids is 1. The maximum Gasteiger partial charge on any atom is 0.251 e. The van der Waals surface area contributed by atoms with Crippen LogP contribution in [0.5, 0.6) is 0 Å². The van der Waals surface area contributed by atoms with Crippen LogP contribution in [-0.2, 0) is 12.8 Å². The molecule has 1 saturated heterocycles. The van der Waals surface area contributed by atoms with E-state index in [2.05, 4.69) is 58.8 Å². The van der Waals surface area contributed by atoms with Crippen LogP contribution in [0.15, 0.2) is 30.3 Å². The molecule has 1 fully saturated rings. The Hall–Kier alpha value is -2.11. The van der Waals surface area contributed by atoms with E-state index in [0.717, 1.165) is 56.3 Å². The molecule has 1 aromatic carbocycles. The fourth-order valence-electron chi connectivity index (χ4n) is 4.69. The molecule has 1 amide bonds. The SMILES string of the molecule is Cc1cc2c(n1-c1ccc(C(=O)NCCN3CCN(C)CC3)cc1)CCC(C)C2. The van der Waals surface area contributed by atoms with E-state index in [1.165, 1.54) is 29.8 Å². The van der Waals surface area contributed by atoms with Gasteiger partial charge in [0.2, 0.25) is 0 Å². The topological polar surface area (TPSA) is 40.5 Å². The lowest BCUT2D eigenvalue weighted by molar-refractivity contribution is 0.0941. The summed E-state index contributed by atoms with van der Waals surface area (Å²) < 4.78 is 2.37. The van der Waals surface area contributed by atoms with E-state index in [9.17, 15) is 4.79 Å². The van der Waals surface area contributed by atoms with Crippen molar-refractivity contribution in [2.75, 3.05) is 46.3 Å². The molecule has 0 radical (unpaired) electrons. The molecule has 1 aromatic heterocycles. The van der Waals surface area contributed by atoms with Gasteiger partial charge < -0.3 is 14.8 Å². The molecule has 0 bridgehead atoms. The van der Waals surface area contributed by atoms with Gasteiger partial charge in [0, 0.05) is 61.9 Å².